The number of fused-ring (bicyclic) bond motifs is 1. The molecule has 0 bridgehead atoms. The number of hydrazone groups is 1. The lowest BCUT2D eigenvalue weighted by molar-refractivity contribution is -0.120. The van der Waals surface area contributed by atoms with Crippen LogP contribution in [-0.4, -0.2) is 54.2 Å². The van der Waals surface area contributed by atoms with Crippen molar-refractivity contribution in [2.24, 2.45) is 5.10 Å². The van der Waals surface area contributed by atoms with Gasteiger partial charge >= 0.3 is 0 Å². The molecule has 1 aliphatic heterocycles. The smallest absolute Gasteiger partial charge is 0.259 e. The largest absolute Gasteiger partial charge is 0.387 e. The van der Waals surface area contributed by atoms with E-state index in [9.17, 15) is 14.7 Å². The van der Waals surface area contributed by atoms with Crippen molar-refractivity contribution in [3.63, 3.8) is 0 Å². The summed E-state index contributed by atoms with van der Waals surface area (Å²) in [5.41, 5.74) is 8.13. The van der Waals surface area contributed by atoms with E-state index in [2.05, 4.69) is 57.9 Å². The van der Waals surface area contributed by atoms with Gasteiger partial charge in [-0.1, -0.05) is 55.8 Å². The fraction of sp³-hybridized carbons (Fsp3) is 0.457. The zero-order valence-corrected chi connectivity index (χ0v) is 25.7. The number of ether oxygens (including phenoxy) is 1. The van der Waals surface area contributed by atoms with E-state index in [1.807, 2.05) is 27.3 Å². The zero-order chi connectivity index (χ0) is 31.0. The molecule has 0 atom stereocenters. The standard InChI is InChI=1S/C35H40N6O4/c1-2-7-31-29(19-23-10-15-27(24-8-4-3-5-9-24)28(18-23)30-20-32(42)39-38-30)33(43)40(34-36-22-37-41(31)34)25-11-13-26(14-12-25)45-21-35(44)16-6-17-35/h3-5,8-10,15,18,22,25-26,44H,2,6-7,11-14,16-17,19-21H2,1H3,(H,39,42). The van der Waals surface area contributed by atoms with Crippen LogP contribution in [0, 0.1) is 0 Å². The molecule has 2 aliphatic carbocycles. The summed E-state index contributed by atoms with van der Waals surface area (Å²) in [6.07, 6.45) is 9.80. The predicted octanol–water partition coefficient (Wildman–Crippen LogP) is 4.74. The number of amides is 1. The molecule has 234 valence electrons. The summed E-state index contributed by atoms with van der Waals surface area (Å²) in [6.45, 7) is 2.50. The summed E-state index contributed by atoms with van der Waals surface area (Å²) < 4.78 is 9.85. The topological polar surface area (TPSA) is 123 Å². The Kier molecular flexibility index (Phi) is 8.10. The lowest BCUT2D eigenvalue weighted by Gasteiger charge is -2.38. The first-order valence-corrected chi connectivity index (χ1v) is 16.3. The lowest BCUT2D eigenvalue weighted by atomic mass is 9.81. The van der Waals surface area contributed by atoms with E-state index in [-0.39, 0.29) is 30.0 Å². The van der Waals surface area contributed by atoms with E-state index in [4.69, 9.17) is 4.74 Å². The summed E-state index contributed by atoms with van der Waals surface area (Å²) in [4.78, 5) is 31.2. The number of aliphatic hydroxyl groups is 1. The molecule has 45 heavy (non-hydrogen) atoms. The molecule has 10 heteroatoms. The van der Waals surface area contributed by atoms with Gasteiger partial charge in [-0.2, -0.15) is 15.2 Å². The molecule has 4 aromatic rings. The molecule has 2 fully saturated rings. The molecule has 3 aliphatic rings. The Morgan fingerprint density at radius 3 is 2.53 bits per heavy atom. The van der Waals surface area contributed by atoms with Crippen molar-refractivity contribution in [3.8, 4) is 11.1 Å². The van der Waals surface area contributed by atoms with E-state index in [1.54, 1.807) is 0 Å². The summed E-state index contributed by atoms with van der Waals surface area (Å²) in [7, 11) is 0. The first-order chi connectivity index (χ1) is 21.9. The van der Waals surface area contributed by atoms with Crippen molar-refractivity contribution in [2.45, 2.75) is 95.3 Å². The zero-order valence-electron chi connectivity index (χ0n) is 25.7. The van der Waals surface area contributed by atoms with Crippen LogP contribution >= 0.6 is 0 Å². The van der Waals surface area contributed by atoms with Crippen LogP contribution in [0.3, 0.4) is 0 Å². The van der Waals surface area contributed by atoms with Crippen LogP contribution in [0.5, 0.6) is 0 Å². The molecule has 10 nitrogen and oxygen atoms in total. The van der Waals surface area contributed by atoms with Gasteiger partial charge in [-0.15, -0.1) is 0 Å². The maximum absolute atomic E-state index is 14.5. The van der Waals surface area contributed by atoms with Crippen molar-refractivity contribution in [1.29, 1.82) is 0 Å². The average Bonchev–Trinajstić information content (AvgIpc) is 3.71. The molecule has 7 rings (SSSR count). The summed E-state index contributed by atoms with van der Waals surface area (Å²) in [5.74, 6) is 0.462. The van der Waals surface area contributed by atoms with Gasteiger partial charge in [0.2, 0.25) is 11.7 Å². The third-order valence-electron chi connectivity index (χ3n) is 9.70. The van der Waals surface area contributed by atoms with Gasteiger partial charge in [0.25, 0.3) is 5.56 Å². The Labute approximate surface area is 262 Å². The Morgan fingerprint density at radius 1 is 1.04 bits per heavy atom. The molecule has 2 aromatic carbocycles. The molecular formula is C35H40N6O4. The molecule has 0 spiro atoms. The van der Waals surface area contributed by atoms with Crippen molar-refractivity contribution >= 4 is 17.4 Å². The number of hydrogen-bond donors (Lipinski definition) is 2. The van der Waals surface area contributed by atoms with E-state index in [0.717, 1.165) is 84.9 Å². The molecule has 2 aromatic heterocycles. The van der Waals surface area contributed by atoms with Crippen molar-refractivity contribution in [2.75, 3.05) is 6.61 Å². The molecule has 1 amide bonds. The second kappa shape index (κ2) is 12.3. The summed E-state index contributed by atoms with van der Waals surface area (Å²) >= 11 is 0. The van der Waals surface area contributed by atoms with Gasteiger partial charge in [-0.05, 0) is 74.1 Å². The van der Waals surface area contributed by atoms with E-state index in [1.165, 1.54) is 6.33 Å². The van der Waals surface area contributed by atoms with Crippen molar-refractivity contribution in [3.05, 3.63) is 87.6 Å². The fourth-order valence-electron chi connectivity index (χ4n) is 7.08. The minimum absolute atomic E-state index is 0.00813. The highest BCUT2D eigenvalue weighted by Gasteiger charge is 2.36. The number of rotatable bonds is 10. The van der Waals surface area contributed by atoms with Crippen molar-refractivity contribution in [1.82, 2.24) is 24.6 Å². The first kappa shape index (κ1) is 29.6. The van der Waals surface area contributed by atoms with Crippen LogP contribution in [0.2, 0.25) is 0 Å². The van der Waals surface area contributed by atoms with Gasteiger partial charge in [-0.3, -0.25) is 14.2 Å². The second-order valence-electron chi connectivity index (χ2n) is 12.8. The number of carbonyl (C=O) groups is 1. The van der Waals surface area contributed by atoms with Crippen molar-refractivity contribution < 1.29 is 14.6 Å². The minimum Gasteiger partial charge on any atom is -0.387 e. The summed E-state index contributed by atoms with van der Waals surface area (Å²) in [6, 6.07) is 16.3. The number of hydrogen-bond acceptors (Lipinski definition) is 7. The van der Waals surface area contributed by atoms with Crippen LogP contribution in [-0.2, 0) is 22.4 Å². The number of aryl methyl sites for hydroxylation is 1. The predicted molar refractivity (Wildman–Crippen MR) is 171 cm³/mol. The van der Waals surface area contributed by atoms with Gasteiger partial charge in [0, 0.05) is 23.6 Å². The average molecular weight is 609 g/mol. The Hall–Kier alpha value is -4.15. The molecule has 2 saturated carbocycles. The Bertz CT molecular complexity index is 1800. The normalized spacial score (nSPS) is 21.0. The molecule has 2 N–H and O–H groups in total. The van der Waals surface area contributed by atoms with Crippen LogP contribution in [0.25, 0.3) is 16.9 Å². The van der Waals surface area contributed by atoms with Gasteiger partial charge in [0.1, 0.15) is 6.33 Å². The fourth-order valence-corrected chi connectivity index (χ4v) is 7.08. The van der Waals surface area contributed by atoms with E-state index in [0.29, 0.717) is 30.9 Å². The molecular weight excluding hydrogens is 568 g/mol. The Morgan fingerprint density at radius 2 is 1.84 bits per heavy atom. The molecule has 3 heterocycles. The highest BCUT2D eigenvalue weighted by molar-refractivity contribution is 6.16. The highest BCUT2D eigenvalue weighted by atomic mass is 16.5. The molecule has 0 unspecified atom stereocenters. The first-order valence-electron chi connectivity index (χ1n) is 16.3. The molecule has 0 saturated heterocycles. The van der Waals surface area contributed by atoms with Gasteiger partial charge in [-0.25, -0.2) is 9.94 Å². The third kappa shape index (κ3) is 5.84. The number of nitrogens with one attached hydrogen (secondary N) is 1. The van der Waals surface area contributed by atoms with Crippen LogP contribution in [0.15, 0.2) is 64.8 Å². The monoisotopic (exact) mass is 608 g/mol. The van der Waals surface area contributed by atoms with Crippen LogP contribution in [0.4, 0.5) is 0 Å². The number of benzene rings is 2. The lowest BCUT2D eigenvalue weighted by Crippen LogP contribution is -2.43. The maximum Gasteiger partial charge on any atom is 0.259 e. The minimum atomic E-state index is -0.652. The van der Waals surface area contributed by atoms with Crippen LogP contribution in [0.1, 0.15) is 93.1 Å². The van der Waals surface area contributed by atoms with E-state index >= 15 is 0 Å². The van der Waals surface area contributed by atoms with E-state index < -0.39 is 5.60 Å². The third-order valence-corrected chi connectivity index (χ3v) is 9.70. The van der Waals surface area contributed by atoms with Gasteiger partial charge < -0.3 is 9.84 Å². The molecule has 0 radical (unpaired) electrons. The van der Waals surface area contributed by atoms with Gasteiger partial charge in [0.15, 0.2) is 0 Å². The van der Waals surface area contributed by atoms with Gasteiger partial charge in [0.05, 0.1) is 36.1 Å². The quantitative estimate of drug-likeness (QED) is 0.268. The van der Waals surface area contributed by atoms with Crippen LogP contribution < -0.4 is 11.0 Å². The number of carbonyl (C=O) groups excluding carboxylic acids is 1. The summed E-state index contributed by atoms with van der Waals surface area (Å²) in [5, 5.41) is 19.4. The number of nitrogens with zero attached hydrogens (tertiary/aromatic N) is 5. The number of aromatic nitrogens is 4. The SMILES string of the molecule is CCCc1c(Cc2ccc(-c3ccccc3)c(C3=NNC(=O)C3)c2)c(=O)n(C2CCC(OCC3(O)CCC3)CC2)c2ncnn12. The highest BCUT2D eigenvalue weighted by Crippen LogP contribution is 2.35. The maximum atomic E-state index is 14.5. The Balaban J connectivity index is 1.22. The second-order valence-corrected chi connectivity index (χ2v) is 12.8.